The van der Waals surface area contributed by atoms with Crippen LogP contribution in [0, 0.1) is 13.8 Å². The molecule has 1 aromatic heterocycles. The van der Waals surface area contributed by atoms with Gasteiger partial charge in [0.25, 0.3) is 0 Å². The van der Waals surface area contributed by atoms with Gasteiger partial charge in [-0.2, -0.15) is 5.10 Å². The number of aliphatic imine (C=N–C) groups is 1. The number of aromatic nitrogens is 2. The van der Waals surface area contributed by atoms with Gasteiger partial charge in [-0.1, -0.05) is 12.1 Å². The van der Waals surface area contributed by atoms with E-state index in [-0.39, 0.29) is 47.9 Å². The molecule has 0 radical (unpaired) electrons. The van der Waals surface area contributed by atoms with Crippen molar-refractivity contribution in [3.8, 4) is 5.75 Å². The second kappa shape index (κ2) is 8.41. The predicted octanol–water partition coefficient (Wildman–Crippen LogP) is 3.48. The summed E-state index contributed by atoms with van der Waals surface area (Å²) in [5.41, 5.74) is 8.54. The Kier molecular flexibility index (Phi) is 7.08. The first kappa shape index (κ1) is 21.1. The molecule has 2 aromatic rings. The molecule has 10 heteroatoms. The van der Waals surface area contributed by atoms with Crippen LogP contribution in [0.5, 0.6) is 5.75 Å². The first-order chi connectivity index (χ1) is 11.2. The van der Waals surface area contributed by atoms with E-state index in [0.717, 1.165) is 17.0 Å². The second-order valence-electron chi connectivity index (χ2n) is 5.14. The second-order valence-corrected chi connectivity index (χ2v) is 5.14. The zero-order chi connectivity index (χ0) is 17.9. The molecule has 0 atom stereocenters. The summed E-state index contributed by atoms with van der Waals surface area (Å²) >= 11 is 0. The van der Waals surface area contributed by atoms with Crippen molar-refractivity contribution in [1.29, 1.82) is 0 Å². The van der Waals surface area contributed by atoms with E-state index >= 15 is 0 Å². The van der Waals surface area contributed by atoms with Crippen LogP contribution >= 0.6 is 24.0 Å². The van der Waals surface area contributed by atoms with Crippen LogP contribution in [0.4, 0.5) is 18.9 Å². The molecule has 1 heterocycles. The van der Waals surface area contributed by atoms with Crippen LogP contribution in [0.1, 0.15) is 17.0 Å². The molecule has 138 valence electrons. The number of nitrogens with two attached hydrogens (primary N) is 1. The molecule has 6 nitrogen and oxygen atoms in total. The Balaban J connectivity index is 0.00000312. The first-order valence-corrected chi connectivity index (χ1v) is 7.08. The van der Waals surface area contributed by atoms with Gasteiger partial charge < -0.3 is 15.8 Å². The minimum atomic E-state index is -4.78. The highest BCUT2D eigenvalue weighted by atomic mass is 127. The summed E-state index contributed by atoms with van der Waals surface area (Å²) < 4.78 is 42.9. The fourth-order valence-electron chi connectivity index (χ4n) is 2.17. The summed E-state index contributed by atoms with van der Waals surface area (Å²) in [5, 5.41) is 6.89. The summed E-state index contributed by atoms with van der Waals surface area (Å²) in [7, 11) is 1.82. The van der Waals surface area contributed by atoms with Crippen LogP contribution in [0.3, 0.4) is 0 Å². The van der Waals surface area contributed by atoms with Gasteiger partial charge in [-0.25, -0.2) is 4.99 Å². The molecule has 0 saturated heterocycles. The van der Waals surface area contributed by atoms with Crippen LogP contribution in [-0.4, -0.2) is 22.1 Å². The maximum atomic E-state index is 12.4. The molecule has 2 rings (SSSR count). The van der Waals surface area contributed by atoms with Gasteiger partial charge in [0.15, 0.2) is 11.7 Å². The van der Waals surface area contributed by atoms with Crippen LogP contribution in [0.15, 0.2) is 29.3 Å². The number of alkyl halides is 3. The number of anilines is 1. The molecule has 0 aliphatic heterocycles. The van der Waals surface area contributed by atoms with E-state index in [1.165, 1.54) is 18.2 Å². The number of aryl methyl sites for hydroxylation is 2. The molecular weight excluding hydrogens is 450 g/mol. The lowest BCUT2D eigenvalue weighted by molar-refractivity contribution is -0.274. The number of rotatable bonds is 4. The van der Waals surface area contributed by atoms with Crippen molar-refractivity contribution >= 4 is 35.6 Å². The molecule has 0 spiro atoms. The largest absolute Gasteiger partial charge is 0.573 e. The summed E-state index contributed by atoms with van der Waals surface area (Å²) in [6, 6.07) is 5.61. The Bertz CT molecular complexity index is 758. The first-order valence-electron chi connectivity index (χ1n) is 7.08. The number of halogens is 4. The molecule has 0 bridgehead atoms. The SMILES string of the molecule is Cc1nn(C)c(C)c1CN=C(N)Nc1ccccc1OC(F)(F)F.I. The van der Waals surface area contributed by atoms with Crippen LogP contribution in [0.2, 0.25) is 0 Å². The van der Waals surface area contributed by atoms with Crippen molar-refractivity contribution in [2.75, 3.05) is 5.32 Å². The third-order valence-corrected chi connectivity index (χ3v) is 3.44. The number of benzene rings is 1. The van der Waals surface area contributed by atoms with Crippen LogP contribution < -0.4 is 15.8 Å². The van der Waals surface area contributed by atoms with E-state index in [2.05, 4.69) is 20.1 Å². The normalized spacial score (nSPS) is 11.8. The van der Waals surface area contributed by atoms with E-state index in [9.17, 15) is 13.2 Å². The topological polar surface area (TPSA) is 77.5 Å². The van der Waals surface area contributed by atoms with E-state index in [0.29, 0.717) is 0 Å². The maximum Gasteiger partial charge on any atom is 0.573 e. The number of nitrogens with zero attached hydrogens (tertiary/aromatic N) is 3. The van der Waals surface area contributed by atoms with Crippen molar-refractivity contribution in [2.45, 2.75) is 26.8 Å². The Labute approximate surface area is 160 Å². The number of para-hydroxylation sites is 2. The fraction of sp³-hybridized carbons (Fsp3) is 0.333. The highest BCUT2D eigenvalue weighted by Gasteiger charge is 2.32. The van der Waals surface area contributed by atoms with E-state index < -0.39 is 6.36 Å². The third-order valence-electron chi connectivity index (χ3n) is 3.44. The summed E-state index contributed by atoms with van der Waals surface area (Å²) in [4.78, 5) is 4.16. The van der Waals surface area contributed by atoms with Gasteiger partial charge in [0, 0.05) is 18.3 Å². The van der Waals surface area contributed by atoms with Crippen molar-refractivity contribution < 1.29 is 17.9 Å². The lowest BCUT2D eigenvalue weighted by atomic mass is 10.2. The lowest BCUT2D eigenvalue weighted by Gasteiger charge is -2.14. The average molecular weight is 469 g/mol. The Morgan fingerprint density at radius 3 is 2.52 bits per heavy atom. The highest BCUT2D eigenvalue weighted by molar-refractivity contribution is 14.0. The maximum absolute atomic E-state index is 12.4. The monoisotopic (exact) mass is 469 g/mol. The van der Waals surface area contributed by atoms with Gasteiger partial charge in [-0.15, -0.1) is 37.1 Å². The van der Waals surface area contributed by atoms with Crippen molar-refractivity contribution in [2.24, 2.45) is 17.8 Å². The lowest BCUT2D eigenvalue weighted by Crippen LogP contribution is -2.24. The zero-order valence-corrected chi connectivity index (χ0v) is 16.2. The Morgan fingerprint density at radius 2 is 1.96 bits per heavy atom. The Morgan fingerprint density at radius 1 is 1.32 bits per heavy atom. The number of hydrogen-bond donors (Lipinski definition) is 2. The van der Waals surface area contributed by atoms with Crippen LogP contribution in [0.25, 0.3) is 0 Å². The van der Waals surface area contributed by atoms with Crippen molar-refractivity contribution in [3.05, 3.63) is 41.2 Å². The van der Waals surface area contributed by atoms with Gasteiger partial charge in [0.05, 0.1) is 17.9 Å². The van der Waals surface area contributed by atoms with Crippen LogP contribution in [-0.2, 0) is 13.6 Å². The fourth-order valence-corrected chi connectivity index (χ4v) is 2.17. The van der Waals surface area contributed by atoms with Gasteiger partial charge in [-0.3, -0.25) is 4.68 Å². The predicted molar refractivity (Wildman–Crippen MR) is 100 cm³/mol. The van der Waals surface area contributed by atoms with Gasteiger partial charge in [0.1, 0.15) is 0 Å². The summed E-state index contributed by atoms with van der Waals surface area (Å²) in [6.45, 7) is 4.03. The van der Waals surface area contributed by atoms with Crippen molar-refractivity contribution in [1.82, 2.24) is 9.78 Å². The minimum Gasteiger partial charge on any atom is -0.404 e. The standard InChI is InChI=1S/C15H18F3N5O.HI/c1-9-11(10(2)23(3)22-9)8-20-14(19)21-12-6-4-5-7-13(12)24-15(16,17)18;/h4-7H,8H2,1-3H3,(H3,19,20,21);1H. The number of guanidine groups is 1. The molecule has 0 saturated carbocycles. The molecule has 1 aromatic carbocycles. The van der Waals surface area contributed by atoms with Gasteiger partial charge in [-0.05, 0) is 26.0 Å². The quantitative estimate of drug-likeness (QED) is 0.409. The number of hydrogen-bond acceptors (Lipinski definition) is 3. The number of ether oxygens (including phenoxy) is 1. The zero-order valence-electron chi connectivity index (χ0n) is 13.9. The van der Waals surface area contributed by atoms with E-state index in [1.807, 2.05) is 20.9 Å². The molecular formula is C15H19F3IN5O. The molecule has 0 aliphatic rings. The highest BCUT2D eigenvalue weighted by Crippen LogP contribution is 2.29. The molecule has 0 amide bonds. The van der Waals surface area contributed by atoms with E-state index in [4.69, 9.17) is 5.73 Å². The molecule has 3 N–H and O–H groups in total. The molecule has 0 fully saturated rings. The number of nitrogens with one attached hydrogen (secondary N) is 1. The molecule has 25 heavy (non-hydrogen) atoms. The van der Waals surface area contributed by atoms with Gasteiger partial charge >= 0.3 is 6.36 Å². The van der Waals surface area contributed by atoms with Crippen molar-refractivity contribution in [3.63, 3.8) is 0 Å². The summed E-state index contributed by atoms with van der Waals surface area (Å²) in [6.07, 6.45) is -4.78. The summed E-state index contributed by atoms with van der Waals surface area (Å²) in [5.74, 6) is -0.396. The molecule has 0 aliphatic carbocycles. The third kappa shape index (κ3) is 5.80. The molecule has 0 unspecified atom stereocenters. The van der Waals surface area contributed by atoms with E-state index in [1.54, 1.807) is 10.7 Å². The smallest absolute Gasteiger partial charge is 0.404 e. The average Bonchev–Trinajstić information content (AvgIpc) is 2.71. The minimum absolute atomic E-state index is 0. The van der Waals surface area contributed by atoms with Gasteiger partial charge in [0.2, 0.25) is 0 Å². The Hall–Kier alpha value is -1.98.